The minimum atomic E-state index is 0.735. The molecule has 0 amide bonds. The fourth-order valence-corrected chi connectivity index (χ4v) is 3.81. The van der Waals surface area contributed by atoms with Crippen molar-refractivity contribution in [3.8, 4) is 0 Å². The summed E-state index contributed by atoms with van der Waals surface area (Å²) < 4.78 is 0. The van der Waals surface area contributed by atoms with Gasteiger partial charge in [-0.1, -0.05) is 23.9 Å². The number of hydrogen-bond acceptors (Lipinski definition) is 4. The van der Waals surface area contributed by atoms with Gasteiger partial charge >= 0.3 is 0 Å². The molecule has 3 rings (SSSR count). The molecule has 1 fully saturated rings. The van der Waals surface area contributed by atoms with Gasteiger partial charge < -0.3 is 5.32 Å². The van der Waals surface area contributed by atoms with Crippen molar-refractivity contribution < 1.29 is 0 Å². The van der Waals surface area contributed by atoms with Gasteiger partial charge in [-0.2, -0.15) is 0 Å². The summed E-state index contributed by atoms with van der Waals surface area (Å²) in [5.74, 6) is 0.929. The van der Waals surface area contributed by atoms with E-state index in [1.54, 1.807) is 11.8 Å². The van der Waals surface area contributed by atoms with E-state index in [1.165, 1.54) is 23.4 Å². The summed E-state index contributed by atoms with van der Waals surface area (Å²) in [6, 6.07) is 8.42. The van der Waals surface area contributed by atoms with Crippen molar-refractivity contribution in [2.75, 3.05) is 18.1 Å². The van der Waals surface area contributed by atoms with Gasteiger partial charge in [-0.25, -0.2) is 0 Å². The number of rotatable bonds is 3. The fourth-order valence-electron chi connectivity index (χ4n) is 2.04. The van der Waals surface area contributed by atoms with Gasteiger partial charge in [0.25, 0.3) is 0 Å². The standard InChI is InChI=1S/C13H16N2S2/c1-16-11-5-3-2-4-10(11)15-13-14-8-12(17-13)9-6-7-9/h2-5,9,12H,6-8H2,1H3,(H,14,15). The van der Waals surface area contributed by atoms with Crippen molar-refractivity contribution >= 4 is 34.4 Å². The molecule has 1 saturated carbocycles. The summed E-state index contributed by atoms with van der Waals surface area (Å²) in [4.78, 5) is 5.89. The molecule has 1 aromatic carbocycles. The van der Waals surface area contributed by atoms with Gasteiger partial charge in [0.05, 0.1) is 12.2 Å². The molecule has 1 aromatic rings. The van der Waals surface area contributed by atoms with Crippen LogP contribution in [0.25, 0.3) is 0 Å². The van der Waals surface area contributed by atoms with E-state index in [-0.39, 0.29) is 0 Å². The number of aliphatic imine (C=N–C) groups is 1. The third-order valence-electron chi connectivity index (χ3n) is 3.17. The van der Waals surface area contributed by atoms with E-state index >= 15 is 0 Å². The lowest BCUT2D eigenvalue weighted by Crippen LogP contribution is -2.09. The highest BCUT2D eigenvalue weighted by Crippen LogP contribution is 2.42. The fraction of sp³-hybridized carbons (Fsp3) is 0.462. The van der Waals surface area contributed by atoms with E-state index in [4.69, 9.17) is 0 Å². The Kier molecular flexibility index (Phi) is 3.34. The summed E-state index contributed by atoms with van der Waals surface area (Å²) >= 11 is 3.70. The maximum atomic E-state index is 4.61. The largest absolute Gasteiger partial charge is 0.334 e. The van der Waals surface area contributed by atoms with Crippen LogP contribution in [0, 0.1) is 5.92 Å². The maximum absolute atomic E-state index is 4.61. The van der Waals surface area contributed by atoms with E-state index in [1.807, 2.05) is 11.8 Å². The van der Waals surface area contributed by atoms with E-state index in [0.717, 1.165) is 22.9 Å². The van der Waals surface area contributed by atoms with Crippen LogP contribution in [0.4, 0.5) is 5.69 Å². The molecule has 0 spiro atoms. The van der Waals surface area contributed by atoms with Gasteiger partial charge in [-0.05, 0) is 37.1 Å². The molecule has 0 radical (unpaired) electrons. The van der Waals surface area contributed by atoms with Crippen LogP contribution in [0.3, 0.4) is 0 Å². The zero-order valence-electron chi connectivity index (χ0n) is 9.85. The molecule has 1 unspecified atom stereocenters. The van der Waals surface area contributed by atoms with Crippen molar-refractivity contribution in [3.63, 3.8) is 0 Å². The van der Waals surface area contributed by atoms with E-state index in [0.29, 0.717) is 0 Å². The molecule has 1 heterocycles. The predicted molar refractivity (Wildman–Crippen MR) is 78.3 cm³/mol. The molecule has 1 atom stereocenters. The highest BCUT2D eigenvalue weighted by molar-refractivity contribution is 8.15. The van der Waals surface area contributed by atoms with Crippen molar-refractivity contribution in [2.45, 2.75) is 23.0 Å². The molecule has 1 N–H and O–H groups in total. The Morgan fingerprint density at radius 2 is 2.18 bits per heavy atom. The molecular formula is C13H16N2S2. The van der Waals surface area contributed by atoms with E-state index in [2.05, 4.69) is 40.8 Å². The first-order valence-electron chi connectivity index (χ1n) is 5.98. The normalized spacial score (nSPS) is 23.6. The zero-order valence-corrected chi connectivity index (χ0v) is 11.5. The third kappa shape index (κ3) is 2.63. The molecule has 0 aromatic heterocycles. The Hall–Kier alpha value is -0.610. The minimum absolute atomic E-state index is 0.735. The molecule has 90 valence electrons. The second kappa shape index (κ2) is 4.94. The summed E-state index contributed by atoms with van der Waals surface area (Å²) in [5, 5.41) is 5.30. The van der Waals surface area contributed by atoms with Crippen LogP contribution in [0.15, 0.2) is 34.2 Å². The first-order valence-corrected chi connectivity index (χ1v) is 8.08. The maximum Gasteiger partial charge on any atom is 0.161 e. The van der Waals surface area contributed by atoms with Crippen molar-refractivity contribution in [3.05, 3.63) is 24.3 Å². The van der Waals surface area contributed by atoms with E-state index in [9.17, 15) is 0 Å². The van der Waals surface area contributed by atoms with Gasteiger partial charge in [0.1, 0.15) is 0 Å². The highest BCUT2D eigenvalue weighted by atomic mass is 32.2. The van der Waals surface area contributed by atoms with Crippen LogP contribution in [-0.2, 0) is 0 Å². The monoisotopic (exact) mass is 264 g/mol. The Balaban J connectivity index is 1.66. The van der Waals surface area contributed by atoms with Gasteiger partial charge in [-0.3, -0.25) is 4.99 Å². The molecular weight excluding hydrogens is 248 g/mol. The van der Waals surface area contributed by atoms with Crippen LogP contribution >= 0.6 is 23.5 Å². The molecule has 0 bridgehead atoms. The Morgan fingerprint density at radius 1 is 1.35 bits per heavy atom. The lowest BCUT2D eigenvalue weighted by molar-refractivity contribution is 0.773. The lowest BCUT2D eigenvalue weighted by Gasteiger charge is -2.10. The molecule has 1 aliphatic carbocycles. The average molecular weight is 264 g/mol. The number of hydrogen-bond donors (Lipinski definition) is 1. The van der Waals surface area contributed by atoms with Gasteiger partial charge in [0.15, 0.2) is 5.17 Å². The molecule has 2 nitrogen and oxygen atoms in total. The number of amidine groups is 1. The van der Waals surface area contributed by atoms with Crippen LogP contribution < -0.4 is 5.32 Å². The number of benzene rings is 1. The lowest BCUT2D eigenvalue weighted by atomic mass is 10.3. The van der Waals surface area contributed by atoms with Crippen molar-refractivity contribution in [2.24, 2.45) is 10.9 Å². The SMILES string of the molecule is CSc1ccccc1NC1=NCC(C2CC2)S1. The highest BCUT2D eigenvalue weighted by Gasteiger charge is 2.35. The predicted octanol–water partition coefficient (Wildman–Crippen LogP) is 3.70. The minimum Gasteiger partial charge on any atom is -0.334 e. The van der Waals surface area contributed by atoms with E-state index < -0.39 is 0 Å². The Labute approximate surface area is 111 Å². The molecule has 1 aliphatic heterocycles. The summed E-state index contributed by atoms with van der Waals surface area (Å²) in [5.41, 5.74) is 1.18. The van der Waals surface area contributed by atoms with Gasteiger partial charge in [0, 0.05) is 10.1 Å². The average Bonchev–Trinajstić information content (AvgIpc) is 3.11. The number of nitrogens with zero attached hydrogens (tertiary/aromatic N) is 1. The van der Waals surface area contributed by atoms with Gasteiger partial charge in [0.2, 0.25) is 0 Å². The van der Waals surface area contributed by atoms with Crippen molar-refractivity contribution in [1.82, 2.24) is 0 Å². The first-order chi connectivity index (χ1) is 8.36. The van der Waals surface area contributed by atoms with Crippen LogP contribution in [-0.4, -0.2) is 23.2 Å². The summed E-state index contributed by atoms with van der Waals surface area (Å²) in [7, 11) is 0. The summed E-state index contributed by atoms with van der Waals surface area (Å²) in [6.07, 6.45) is 4.92. The zero-order chi connectivity index (χ0) is 11.7. The van der Waals surface area contributed by atoms with Crippen molar-refractivity contribution in [1.29, 1.82) is 0 Å². The smallest absolute Gasteiger partial charge is 0.161 e. The number of para-hydroxylation sites is 1. The molecule has 4 heteroatoms. The van der Waals surface area contributed by atoms with Crippen LogP contribution in [0.5, 0.6) is 0 Å². The number of thioether (sulfide) groups is 2. The second-order valence-electron chi connectivity index (χ2n) is 4.46. The molecule has 17 heavy (non-hydrogen) atoms. The van der Waals surface area contributed by atoms with Crippen LogP contribution in [0.2, 0.25) is 0 Å². The van der Waals surface area contributed by atoms with Crippen LogP contribution in [0.1, 0.15) is 12.8 Å². The molecule has 2 aliphatic rings. The third-order valence-corrected chi connectivity index (χ3v) is 5.26. The van der Waals surface area contributed by atoms with Gasteiger partial charge in [-0.15, -0.1) is 11.8 Å². The Bertz CT molecular complexity index is 441. The quantitative estimate of drug-likeness (QED) is 0.842. The number of nitrogens with one attached hydrogen (secondary N) is 1. The summed E-state index contributed by atoms with van der Waals surface area (Å²) in [6.45, 7) is 0.999. The topological polar surface area (TPSA) is 24.4 Å². The number of anilines is 1. The second-order valence-corrected chi connectivity index (χ2v) is 6.54. The Morgan fingerprint density at radius 3 is 2.94 bits per heavy atom. The molecule has 0 saturated heterocycles. The first kappa shape index (κ1) is 11.5.